The number of anilines is 1. The lowest BCUT2D eigenvalue weighted by molar-refractivity contribution is 0.708. The molecule has 17 heavy (non-hydrogen) atoms. The van der Waals surface area contributed by atoms with Crippen LogP contribution < -0.4 is 11.0 Å². The van der Waals surface area contributed by atoms with Crippen molar-refractivity contribution in [2.45, 2.75) is 26.3 Å². The largest absolute Gasteiger partial charge is 0.351 e. The van der Waals surface area contributed by atoms with E-state index in [1.165, 1.54) is 16.1 Å². The van der Waals surface area contributed by atoms with Crippen molar-refractivity contribution in [3.05, 3.63) is 22.1 Å². The van der Waals surface area contributed by atoms with E-state index in [1.807, 2.05) is 13.8 Å². The maximum absolute atomic E-state index is 11.2. The van der Waals surface area contributed by atoms with Crippen LogP contribution in [0.15, 0.2) is 4.79 Å². The molecule has 7 nitrogen and oxygen atoms in total. The molecular weight excluding hydrogens is 240 g/mol. The van der Waals surface area contributed by atoms with Crippen LogP contribution in [0.25, 0.3) is 0 Å². The highest BCUT2D eigenvalue weighted by molar-refractivity contribution is 7.09. The smallest absolute Gasteiger partial charge is 0.343 e. The van der Waals surface area contributed by atoms with Crippen LogP contribution in [-0.2, 0) is 13.5 Å². The lowest BCUT2D eigenvalue weighted by atomic mass is 10.3. The summed E-state index contributed by atoms with van der Waals surface area (Å²) in [7, 11) is 1.68. The number of hydrogen-bond donors (Lipinski definition) is 2. The molecular formula is C9H14N6OS. The molecule has 1 atom stereocenters. The molecule has 0 spiro atoms. The van der Waals surface area contributed by atoms with Crippen LogP contribution in [0.3, 0.4) is 0 Å². The van der Waals surface area contributed by atoms with Gasteiger partial charge in [-0.05, 0) is 6.92 Å². The summed E-state index contributed by atoms with van der Waals surface area (Å²) in [6.07, 6.45) is 0.813. The summed E-state index contributed by atoms with van der Waals surface area (Å²) >= 11 is 1.31. The predicted molar refractivity (Wildman–Crippen MR) is 65.2 cm³/mol. The number of nitrogens with one attached hydrogen (secondary N) is 2. The molecule has 0 fully saturated rings. The molecule has 2 aromatic heterocycles. The van der Waals surface area contributed by atoms with Gasteiger partial charge in [0.15, 0.2) is 5.82 Å². The average Bonchev–Trinajstić information content (AvgIpc) is 2.88. The van der Waals surface area contributed by atoms with E-state index in [4.69, 9.17) is 0 Å². The normalized spacial score (nSPS) is 12.6. The molecule has 0 saturated heterocycles. The number of aryl methyl sites for hydroxylation is 1. The Morgan fingerprint density at radius 3 is 2.88 bits per heavy atom. The Morgan fingerprint density at radius 1 is 1.59 bits per heavy atom. The summed E-state index contributed by atoms with van der Waals surface area (Å²) in [5.74, 6) is 1.46. The van der Waals surface area contributed by atoms with Gasteiger partial charge in [0.2, 0.25) is 5.13 Å². The number of aromatic nitrogens is 5. The molecule has 1 unspecified atom stereocenters. The van der Waals surface area contributed by atoms with Gasteiger partial charge in [0.05, 0.1) is 6.04 Å². The van der Waals surface area contributed by atoms with Crippen molar-refractivity contribution in [2.75, 3.05) is 5.32 Å². The van der Waals surface area contributed by atoms with Gasteiger partial charge in [-0.1, -0.05) is 6.92 Å². The van der Waals surface area contributed by atoms with Gasteiger partial charge in [-0.3, -0.25) is 4.57 Å². The van der Waals surface area contributed by atoms with Crippen molar-refractivity contribution in [1.29, 1.82) is 0 Å². The molecule has 8 heteroatoms. The van der Waals surface area contributed by atoms with Gasteiger partial charge in [-0.2, -0.15) is 9.47 Å². The SMILES string of the molecule is CCc1nsc(NC(C)c2n[nH]c(=O)n2C)n1. The van der Waals surface area contributed by atoms with Gasteiger partial charge in [0.1, 0.15) is 5.82 Å². The first-order valence-corrected chi connectivity index (χ1v) is 6.09. The van der Waals surface area contributed by atoms with E-state index in [0.717, 1.165) is 17.4 Å². The average molecular weight is 254 g/mol. The molecule has 0 saturated carbocycles. The van der Waals surface area contributed by atoms with E-state index in [2.05, 4.69) is 24.9 Å². The molecule has 0 aliphatic rings. The van der Waals surface area contributed by atoms with Crippen molar-refractivity contribution in [1.82, 2.24) is 24.1 Å². The van der Waals surface area contributed by atoms with Crippen molar-refractivity contribution >= 4 is 16.7 Å². The Morgan fingerprint density at radius 2 is 2.35 bits per heavy atom. The Labute approximate surface area is 102 Å². The van der Waals surface area contributed by atoms with Gasteiger partial charge < -0.3 is 5.32 Å². The zero-order valence-electron chi connectivity index (χ0n) is 9.89. The van der Waals surface area contributed by atoms with E-state index >= 15 is 0 Å². The standard InChI is InChI=1S/C9H14N6OS/c1-4-6-11-8(17-14-6)10-5(2)7-12-13-9(16)15(7)3/h5H,4H2,1-3H3,(H,13,16)(H,10,11,14). The topological polar surface area (TPSA) is 88.5 Å². The first kappa shape index (κ1) is 11.8. The maximum Gasteiger partial charge on any atom is 0.343 e. The predicted octanol–water partition coefficient (Wildman–Crippen LogP) is 0.695. The zero-order chi connectivity index (χ0) is 12.4. The Bertz CT molecular complexity index is 556. The van der Waals surface area contributed by atoms with Crippen LogP contribution in [-0.4, -0.2) is 24.1 Å². The Hall–Kier alpha value is -1.70. The summed E-state index contributed by atoms with van der Waals surface area (Å²) in [6.45, 7) is 3.93. The number of hydrogen-bond acceptors (Lipinski definition) is 6. The molecule has 0 aromatic carbocycles. The van der Waals surface area contributed by atoms with Crippen LogP contribution in [0.4, 0.5) is 5.13 Å². The van der Waals surface area contributed by atoms with Crippen LogP contribution in [0.5, 0.6) is 0 Å². The molecule has 0 aliphatic heterocycles. The van der Waals surface area contributed by atoms with Crippen LogP contribution in [0.1, 0.15) is 31.5 Å². The van der Waals surface area contributed by atoms with Crippen molar-refractivity contribution in [3.8, 4) is 0 Å². The molecule has 2 heterocycles. The fourth-order valence-corrected chi connectivity index (χ4v) is 2.19. The third-order valence-electron chi connectivity index (χ3n) is 2.43. The third-order valence-corrected chi connectivity index (χ3v) is 3.11. The maximum atomic E-state index is 11.2. The van der Waals surface area contributed by atoms with Crippen molar-refractivity contribution in [2.24, 2.45) is 7.05 Å². The molecule has 2 aromatic rings. The molecule has 2 rings (SSSR count). The molecule has 92 valence electrons. The number of rotatable bonds is 4. The molecule has 0 amide bonds. The van der Waals surface area contributed by atoms with Gasteiger partial charge >= 0.3 is 5.69 Å². The van der Waals surface area contributed by atoms with Crippen molar-refractivity contribution in [3.63, 3.8) is 0 Å². The zero-order valence-corrected chi connectivity index (χ0v) is 10.7. The van der Waals surface area contributed by atoms with Crippen LogP contribution >= 0.6 is 11.5 Å². The first-order chi connectivity index (χ1) is 8.11. The fourth-order valence-electron chi connectivity index (χ4n) is 1.45. The number of aromatic amines is 1. The highest BCUT2D eigenvalue weighted by Gasteiger charge is 2.14. The second kappa shape index (κ2) is 4.66. The fraction of sp³-hybridized carbons (Fsp3) is 0.556. The summed E-state index contributed by atoms with van der Waals surface area (Å²) in [5, 5.41) is 10.3. The van der Waals surface area contributed by atoms with E-state index in [0.29, 0.717) is 5.82 Å². The van der Waals surface area contributed by atoms with Gasteiger partial charge in [-0.15, -0.1) is 0 Å². The first-order valence-electron chi connectivity index (χ1n) is 5.32. The molecule has 0 bridgehead atoms. The summed E-state index contributed by atoms with van der Waals surface area (Å²) in [5.41, 5.74) is -0.222. The number of nitrogens with zero attached hydrogens (tertiary/aromatic N) is 4. The lowest BCUT2D eigenvalue weighted by Crippen LogP contribution is -2.18. The third kappa shape index (κ3) is 2.36. The molecule has 0 aliphatic carbocycles. The number of H-pyrrole nitrogens is 1. The van der Waals surface area contributed by atoms with Gasteiger partial charge in [0, 0.05) is 25.0 Å². The van der Waals surface area contributed by atoms with E-state index in [-0.39, 0.29) is 11.7 Å². The Kier molecular flexibility index (Phi) is 3.23. The van der Waals surface area contributed by atoms with Crippen LogP contribution in [0.2, 0.25) is 0 Å². The highest BCUT2D eigenvalue weighted by Crippen LogP contribution is 2.18. The van der Waals surface area contributed by atoms with E-state index < -0.39 is 0 Å². The van der Waals surface area contributed by atoms with E-state index in [1.54, 1.807) is 7.05 Å². The van der Waals surface area contributed by atoms with Gasteiger partial charge in [0.25, 0.3) is 0 Å². The minimum absolute atomic E-state index is 0.100. The minimum atomic E-state index is -0.222. The van der Waals surface area contributed by atoms with Gasteiger partial charge in [-0.25, -0.2) is 14.9 Å². The highest BCUT2D eigenvalue weighted by atomic mass is 32.1. The molecule has 2 N–H and O–H groups in total. The minimum Gasteiger partial charge on any atom is -0.351 e. The monoisotopic (exact) mass is 254 g/mol. The van der Waals surface area contributed by atoms with Crippen LogP contribution in [0, 0.1) is 0 Å². The quantitative estimate of drug-likeness (QED) is 0.838. The second-order valence-electron chi connectivity index (χ2n) is 3.68. The lowest BCUT2D eigenvalue weighted by Gasteiger charge is -2.10. The summed E-state index contributed by atoms with van der Waals surface area (Å²) in [6, 6.07) is -0.100. The summed E-state index contributed by atoms with van der Waals surface area (Å²) < 4.78 is 5.65. The molecule has 0 radical (unpaired) electrons. The summed E-state index contributed by atoms with van der Waals surface area (Å²) in [4.78, 5) is 15.5. The van der Waals surface area contributed by atoms with Crippen molar-refractivity contribution < 1.29 is 0 Å². The second-order valence-corrected chi connectivity index (χ2v) is 4.43. The van der Waals surface area contributed by atoms with E-state index in [9.17, 15) is 4.79 Å². The Balaban J connectivity index is 2.13.